The molecule has 0 bridgehead atoms. The standard InChI is InChI=1S/C15H17ClN2O5S/c1-10-9-24(21,22)18(14(10)19)13-8-11(2-3-12(13)16)15(20)17-4-6-23-7-5-17/h2-3,8,10H,4-7,9H2,1H3. The van der Waals surface area contributed by atoms with Crippen molar-refractivity contribution in [2.75, 3.05) is 36.4 Å². The molecule has 0 aromatic heterocycles. The first-order valence-electron chi connectivity index (χ1n) is 7.54. The predicted molar refractivity (Wildman–Crippen MR) is 88.6 cm³/mol. The van der Waals surface area contributed by atoms with E-state index in [1.807, 2.05) is 0 Å². The number of rotatable bonds is 2. The molecule has 0 radical (unpaired) electrons. The SMILES string of the molecule is CC1CS(=O)(=O)N(c2cc(C(=O)N3CCOCC3)ccc2Cl)C1=O. The molecule has 0 aliphatic carbocycles. The number of hydrogen-bond acceptors (Lipinski definition) is 5. The summed E-state index contributed by atoms with van der Waals surface area (Å²) in [7, 11) is -3.77. The van der Waals surface area contributed by atoms with E-state index in [-0.39, 0.29) is 22.4 Å². The second-order valence-corrected chi connectivity index (χ2v) is 8.12. The van der Waals surface area contributed by atoms with Gasteiger partial charge >= 0.3 is 0 Å². The van der Waals surface area contributed by atoms with Crippen LogP contribution >= 0.6 is 11.6 Å². The summed E-state index contributed by atoms with van der Waals surface area (Å²) >= 11 is 6.10. The van der Waals surface area contributed by atoms with Crippen LogP contribution in [-0.2, 0) is 19.6 Å². The molecule has 2 amide bonds. The van der Waals surface area contributed by atoms with Crippen LogP contribution in [0.1, 0.15) is 17.3 Å². The highest BCUT2D eigenvalue weighted by atomic mass is 35.5. The Bertz CT molecular complexity index is 789. The van der Waals surface area contributed by atoms with Gasteiger partial charge in [-0.1, -0.05) is 18.5 Å². The molecule has 1 aromatic rings. The molecule has 1 aromatic carbocycles. The molecule has 2 aliphatic rings. The van der Waals surface area contributed by atoms with Crippen LogP contribution in [0.25, 0.3) is 0 Å². The molecule has 130 valence electrons. The minimum absolute atomic E-state index is 0.0325. The topological polar surface area (TPSA) is 84.0 Å². The number of amides is 2. The van der Waals surface area contributed by atoms with Crippen molar-refractivity contribution in [2.24, 2.45) is 5.92 Å². The first kappa shape index (κ1) is 17.2. The van der Waals surface area contributed by atoms with E-state index in [0.717, 1.165) is 4.31 Å². The molecule has 1 atom stereocenters. The minimum Gasteiger partial charge on any atom is -0.378 e. The summed E-state index contributed by atoms with van der Waals surface area (Å²) < 4.78 is 30.4. The van der Waals surface area contributed by atoms with Crippen molar-refractivity contribution < 1.29 is 22.7 Å². The molecule has 0 saturated carbocycles. The van der Waals surface area contributed by atoms with Gasteiger partial charge in [0.25, 0.3) is 5.91 Å². The molecular formula is C15H17ClN2O5S. The van der Waals surface area contributed by atoms with Gasteiger partial charge in [-0.15, -0.1) is 0 Å². The van der Waals surface area contributed by atoms with E-state index in [2.05, 4.69) is 0 Å². The average molecular weight is 373 g/mol. The van der Waals surface area contributed by atoms with Crippen LogP contribution in [0.3, 0.4) is 0 Å². The Morgan fingerprint density at radius 3 is 2.54 bits per heavy atom. The lowest BCUT2D eigenvalue weighted by molar-refractivity contribution is -0.119. The third-order valence-electron chi connectivity index (χ3n) is 4.07. The minimum atomic E-state index is -3.77. The maximum absolute atomic E-state index is 12.6. The van der Waals surface area contributed by atoms with Gasteiger partial charge in [0.05, 0.1) is 35.6 Å². The van der Waals surface area contributed by atoms with Gasteiger partial charge in [-0.2, -0.15) is 0 Å². The summed E-state index contributed by atoms with van der Waals surface area (Å²) in [6.45, 7) is 3.41. The largest absolute Gasteiger partial charge is 0.378 e. The Hall–Kier alpha value is -1.64. The van der Waals surface area contributed by atoms with Crippen LogP contribution in [0.15, 0.2) is 18.2 Å². The summed E-state index contributed by atoms with van der Waals surface area (Å²) in [6.07, 6.45) is 0. The number of nitrogens with zero attached hydrogens (tertiary/aromatic N) is 2. The van der Waals surface area contributed by atoms with Crippen LogP contribution in [0.5, 0.6) is 0 Å². The molecule has 3 rings (SSSR count). The summed E-state index contributed by atoms with van der Waals surface area (Å²) in [5, 5.41) is 0.111. The maximum atomic E-state index is 12.6. The number of morpholine rings is 1. The van der Waals surface area contributed by atoms with Gasteiger partial charge in [0.2, 0.25) is 15.9 Å². The Kier molecular flexibility index (Phi) is 4.54. The van der Waals surface area contributed by atoms with E-state index in [4.69, 9.17) is 16.3 Å². The van der Waals surface area contributed by atoms with E-state index in [0.29, 0.717) is 31.9 Å². The Morgan fingerprint density at radius 2 is 1.96 bits per heavy atom. The van der Waals surface area contributed by atoms with Gasteiger partial charge in [0.1, 0.15) is 0 Å². The van der Waals surface area contributed by atoms with Crippen LogP contribution < -0.4 is 4.31 Å². The maximum Gasteiger partial charge on any atom is 0.254 e. The fourth-order valence-corrected chi connectivity index (χ4v) is 4.90. The van der Waals surface area contributed by atoms with Crippen molar-refractivity contribution in [1.82, 2.24) is 4.90 Å². The Labute approximate surface area is 145 Å². The molecule has 2 heterocycles. The monoisotopic (exact) mass is 372 g/mol. The van der Waals surface area contributed by atoms with Crippen LogP contribution in [0.4, 0.5) is 5.69 Å². The smallest absolute Gasteiger partial charge is 0.254 e. The quantitative estimate of drug-likeness (QED) is 0.776. The van der Waals surface area contributed by atoms with Gasteiger partial charge in [-0.05, 0) is 18.2 Å². The molecular weight excluding hydrogens is 356 g/mol. The zero-order valence-corrected chi connectivity index (χ0v) is 14.6. The second-order valence-electron chi connectivity index (χ2n) is 5.85. The Morgan fingerprint density at radius 1 is 1.29 bits per heavy atom. The van der Waals surface area contributed by atoms with Crippen molar-refractivity contribution in [3.05, 3.63) is 28.8 Å². The molecule has 2 aliphatic heterocycles. The Balaban J connectivity index is 1.98. The van der Waals surface area contributed by atoms with Crippen molar-refractivity contribution in [2.45, 2.75) is 6.92 Å². The molecule has 9 heteroatoms. The van der Waals surface area contributed by atoms with Gasteiger partial charge < -0.3 is 9.64 Å². The number of halogens is 1. The highest BCUT2D eigenvalue weighted by Crippen LogP contribution is 2.34. The van der Waals surface area contributed by atoms with E-state index in [1.54, 1.807) is 11.8 Å². The van der Waals surface area contributed by atoms with Gasteiger partial charge in [0, 0.05) is 18.7 Å². The van der Waals surface area contributed by atoms with E-state index in [9.17, 15) is 18.0 Å². The molecule has 1 unspecified atom stereocenters. The average Bonchev–Trinajstić information content (AvgIpc) is 2.76. The van der Waals surface area contributed by atoms with Crippen molar-refractivity contribution >= 4 is 39.1 Å². The molecule has 2 fully saturated rings. The van der Waals surface area contributed by atoms with Gasteiger partial charge in [-0.3, -0.25) is 9.59 Å². The van der Waals surface area contributed by atoms with Gasteiger partial charge in [-0.25, -0.2) is 12.7 Å². The number of anilines is 1. The fourth-order valence-electron chi connectivity index (χ4n) is 2.82. The molecule has 24 heavy (non-hydrogen) atoms. The lowest BCUT2D eigenvalue weighted by Crippen LogP contribution is -2.40. The predicted octanol–water partition coefficient (Wildman–Crippen LogP) is 1.12. The zero-order valence-electron chi connectivity index (χ0n) is 13.1. The van der Waals surface area contributed by atoms with Crippen molar-refractivity contribution in [3.63, 3.8) is 0 Å². The number of sulfonamides is 1. The normalized spacial score (nSPS) is 23.6. The number of ether oxygens (including phenoxy) is 1. The highest BCUT2D eigenvalue weighted by molar-refractivity contribution is 7.94. The van der Waals surface area contributed by atoms with E-state index >= 15 is 0 Å². The third-order valence-corrected chi connectivity index (χ3v) is 6.24. The summed E-state index contributed by atoms with van der Waals surface area (Å²) in [6, 6.07) is 4.34. The first-order chi connectivity index (χ1) is 11.3. The lowest BCUT2D eigenvalue weighted by atomic mass is 10.1. The summed E-state index contributed by atoms with van der Waals surface area (Å²) in [5.41, 5.74) is 0.323. The van der Waals surface area contributed by atoms with Crippen LogP contribution in [-0.4, -0.2) is 57.2 Å². The van der Waals surface area contributed by atoms with Crippen LogP contribution in [0, 0.1) is 5.92 Å². The second kappa shape index (κ2) is 6.34. The number of benzene rings is 1. The first-order valence-corrected chi connectivity index (χ1v) is 9.53. The fraction of sp³-hybridized carbons (Fsp3) is 0.467. The van der Waals surface area contributed by atoms with E-state index < -0.39 is 21.8 Å². The number of carbonyl (C=O) groups excluding carboxylic acids is 2. The number of carbonyl (C=O) groups is 2. The summed E-state index contributed by atoms with van der Waals surface area (Å²) in [5.74, 6) is -1.67. The van der Waals surface area contributed by atoms with Gasteiger partial charge in [0.15, 0.2) is 0 Å². The van der Waals surface area contributed by atoms with Crippen molar-refractivity contribution in [1.29, 1.82) is 0 Å². The van der Waals surface area contributed by atoms with E-state index in [1.165, 1.54) is 18.2 Å². The zero-order chi connectivity index (χ0) is 17.5. The van der Waals surface area contributed by atoms with Crippen LogP contribution in [0.2, 0.25) is 5.02 Å². The molecule has 0 N–H and O–H groups in total. The molecule has 2 saturated heterocycles. The summed E-state index contributed by atoms with van der Waals surface area (Å²) in [4.78, 5) is 26.4. The number of hydrogen-bond donors (Lipinski definition) is 0. The third kappa shape index (κ3) is 3.01. The molecule has 7 nitrogen and oxygen atoms in total. The van der Waals surface area contributed by atoms with Crippen molar-refractivity contribution in [3.8, 4) is 0 Å². The molecule has 0 spiro atoms. The highest BCUT2D eigenvalue weighted by Gasteiger charge is 2.43. The lowest BCUT2D eigenvalue weighted by Gasteiger charge is -2.27.